The number of rotatable bonds is 9. The highest BCUT2D eigenvalue weighted by atomic mass is 127. The van der Waals surface area contributed by atoms with Gasteiger partial charge in [0.15, 0.2) is 11.4 Å². The summed E-state index contributed by atoms with van der Waals surface area (Å²) in [7, 11) is 1.30. The predicted octanol–water partition coefficient (Wildman–Crippen LogP) is 13.9. The molecule has 2 atom stereocenters. The lowest BCUT2D eigenvalue weighted by molar-refractivity contribution is -0.185. The van der Waals surface area contributed by atoms with E-state index in [0.717, 1.165) is 51.4 Å². The smallest absolute Gasteiger partial charge is 0.342 e. The Kier molecular flexibility index (Phi) is 19.0. The third-order valence-corrected chi connectivity index (χ3v) is 13.6. The average molecular weight is 1230 g/mol. The Labute approximate surface area is 430 Å². The highest BCUT2D eigenvalue weighted by molar-refractivity contribution is 14.1. The molecule has 2 fully saturated rings. The molecule has 0 spiro atoms. The first-order chi connectivity index (χ1) is 31.7. The molecule has 0 aliphatic carbocycles. The fraction of sp³-hybridized carbons (Fsp3) is 0.463. The van der Waals surface area contributed by atoms with Crippen LogP contribution in [0.15, 0.2) is 36.7 Å². The monoisotopic (exact) mass is 1220 g/mol. The van der Waals surface area contributed by atoms with Gasteiger partial charge in [-0.05, 0) is 66.5 Å². The second-order valence-corrected chi connectivity index (χ2v) is 18.1. The normalized spacial score (nSPS) is 18.7. The number of benzene rings is 2. The summed E-state index contributed by atoms with van der Waals surface area (Å²) in [5.74, 6) is -1.81. The van der Waals surface area contributed by atoms with Crippen molar-refractivity contribution in [1.29, 1.82) is 0 Å². The molecule has 9 nitrogen and oxygen atoms in total. The van der Waals surface area contributed by atoms with Gasteiger partial charge in [0.05, 0.1) is 30.1 Å². The van der Waals surface area contributed by atoms with Crippen molar-refractivity contribution in [2.45, 2.75) is 81.6 Å². The number of carbonyl (C=O) groups excluding carboxylic acids is 2. The van der Waals surface area contributed by atoms with E-state index >= 15 is 0 Å². The third kappa shape index (κ3) is 13.1. The lowest BCUT2D eigenvalue weighted by Crippen LogP contribution is -2.45. The van der Waals surface area contributed by atoms with Gasteiger partial charge >= 0.3 is 24.7 Å². The molecule has 69 heavy (non-hydrogen) atoms. The number of aryl methyl sites for hydroxylation is 1. The molecule has 2 aromatic carbocycles. The Morgan fingerprint density at radius 1 is 0.638 bits per heavy atom. The summed E-state index contributed by atoms with van der Waals surface area (Å²) in [5, 5.41) is -0.919. The van der Waals surface area contributed by atoms with Gasteiger partial charge in [0.25, 0.3) is 0 Å². The number of hydrogen-bond donors (Lipinski definition) is 0. The number of amides is 1. The maximum atomic E-state index is 14.3. The van der Waals surface area contributed by atoms with Crippen LogP contribution in [0.4, 0.5) is 64.6 Å². The maximum absolute atomic E-state index is 14.3. The molecule has 2 aliphatic rings. The number of hydrogen-bond acceptors (Lipinski definition) is 8. The van der Waals surface area contributed by atoms with Crippen molar-refractivity contribution in [3.05, 3.63) is 100 Å². The van der Waals surface area contributed by atoms with Crippen molar-refractivity contribution < 1.29 is 62.3 Å². The minimum atomic E-state index is -4.91. The first-order valence-electron chi connectivity index (χ1n) is 19.6. The van der Waals surface area contributed by atoms with Crippen LogP contribution in [0.2, 0.25) is 30.1 Å². The summed E-state index contributed by atoms with van der Waals surface area (Å²) in [5.41, 5.74) is -8.78. The van der Waals surface area contributed by atoms with E-state index in [-0.39, 0.29) is 84.1 Å². The summed E-state index contributed by atoms with van der Waals surface area (Å²) in [6, 6.07) is 4.21. The lowest BCUT2D eigenvalue weighted by Gasteiger charge is -2.33. The first-order valence-corrected chi connectivity index (χ1v) is 24.0. The molecular weight excluding hydrogens is 1190 g/mol. The number of carbonyl (C=O) groups is 2. The van der Waals surface area contributed by atoms with Crippen LogP contribution < -0.4 is 9.80 Å². The van der Waals surface area contributed by atoms with Gasteiger partial charge in [0.1, 0.15) is 16.6 Å². The van der Waals surface area contributed by atoms with Crippen LogP contribution in [0, 0.1) is 0 Å². The van der Waals surface area contributed by atoms with Crippen molar-refractivity contribution in [3.63, 3.8) is 0 Å². The number of halogens is 19. The topological polar surface area (TPSA) is 95.4 Å². The van der Waals surface area contributed by atoms with Crippen molar-refractivity contribution in [2.75, 3.05) is 48.0 Å². The zero-order valence-electron chi connectivity index (χ0n) is 36.0. The molecule has 380 valence electrons. The Balaban J connectivity index is 0.000000290. The van der Waals surface area contributed by atoms with Crippen LogP contribution in [0.3, 0.4) is 0 Å². The highest BCUT2D eigenvalue weighted by Crippen LogP contribution is 2.52. The number of alkyl halides is 13. The Bertz CT molecular complexity index is 2490. The zero-order valence-corrected chi connectivity index (χ0v) is 42.6. The number of anilines is 2. The summed E-state index contributed by atoms with van der Waals surface area (Å²) >= 11 is 37.6. The van der Waals surface area contributed by atoms with Gasteiger partial charge in [0, 0.05) is 76.6 Å². The number of nitrogens with zero attached hydrogens (tertiary/aromatic N) is 7. The summed E-state index contributed by atoms with van der Waals surface area (Å²) in [6.45, 7) is -0.0390. The highest BCUT2D eigenvalue weighted by Gasteiger charge is 2.61. The largest absolute Gasteiger partial charge is 0.433 e. The van der Waals surface area contributed by atoms with E-state index in [1.807, 2.05) is 4.93 Å². The number of ketones is 1. The van der Waals surface area contributed by atoms with Gasteiger partial charge in [0.2, 0.25) is 17.8 Å². The van der Waals surface area contributed by atoms with E-state index in [9.17, 15) is 62.3 Å². The third-order valence-electron chi connectivity index (χ3n) is 11.2. The van der Waals surface area contributed by atoms with Crippen molar-refractivity contribution in [3.8, 4) is 0 Å². The SMILES string of the molecule is CC(=O)CCc1cnc(N2CCC(c3cc(Cl)c(Cl)c(Cl)c3)(C(F)(F)F)C2)nc1C(F)(F)F.CC(=O)N(C)Cc1cnc(N2CCC(c3cc(Cl)c(Cl)c(Cl)c3)(C(F)(F)F)C2)nc1C(F)(F)F.CI. The molecule has 4 heterocycles. The standard InChI is InChI=1S/C20H17Cl3F6N4O.C20H16Cl3F6N3O.CH3I/c1-10(34)32(2)8-11-7-30-17(31-16(11)19(24,25)26)33-4-3-18(9-33,20(27,28)29)12-5-13(21)15(23)14(22)6-12;1-10(33)2-3-11-8-30-17(31-16(11)19(24,25)26)32-5-4-18(9-32,20(27,28)29)12-6-13(21)15(23)14(22)7-12;1-2/h5-7H,3-4,8-9H2,1-2H3;6-8H,2-5,9H2,1H3;1H3. The minimum Gasteiger partial charge on any atom is -0.342 e. The van der Waals surface area contributed by atoms with Gasteiger partial charge in [-0.3, -0.25) is 4.79 Å². The van der Waals surface area contributed by atoms with E-state index in [4.69, 9.17) is 69.6 Å². The van der Waals surface area contributed by atoms with Gasteiger partial charge in [-0.25, -0.2) is 19.9 Å². The van der Waals surface area contributed by atoms with Gasteiger partial charge < -0.3 is 19.5 Å². The summed E-state index contributed by atoms with van der Waals surface area (Å²) in [4.78, 5) is 42.5. The van der Waals surface area contributed by atoms with Crippen LogP contribution in [0.25, 0.3) is 0 Å². The van der Waals surface area contributed by atoms with Crippen LogP contribution >= 0.6 is 92.2 Å². The molecule has 0 saturated carbocycles. The van der Waals surface area contributed by atoms with Crippen molar-refractivity contribution >= 4 is 116 Å². The van der Waals surface area contributed by atoms with E-state index in [1.165, 1.54) is 20.9 Å². The van der Waals surface area contributed by atoms with E-state index < -0.39 is 97.2 Å². The summed E-state index contributed by atoms with van der Waals surface area (Å²) in [6.07, 6.45) is -19.0. The molecule has 1 amide bonds. The van der Waals surface area contributed by atoms with Crippen LogP contribution in [-0.4, -0.2) is 87.0 Å². The predicted molar refractivity (Wildman–Crippen MR) is 247 cm³/mol. The second-order valence-electron chi connectivity index (χ2n) is 15.7. The Hall–Kier alpha value is -3.03. The van der Waals surface area contributed by atoms with Crippen LogP contribution in [-0.2, 0) is 45.7 Å². The zero-order chi connectivity index (χ0) is 52.4. The van der Waals surface area contributed by atoms with Gasteiger partial charge in [-0.1, -0.05) is 92.2 Å². The lowest BCUT2D eigenvalue weighted by atomic mass is 9.79. The molecule has 28 heteroatoms. The molecule has 2 saturated heterocycles. The summed E-state index contributed by atoms with van der Waals surface area (Å²) < 4.78 is 167. The van der Waals surface area contributed by atoms with E-state index in [1.54, 1.807) is 0 Å². The average Bonchev–Trinajstić information content (AvgIpc) is 3.92. The first kappa shape index (κ1) is 58.5. The molecule has 2 unspecified atom stereocenters. The fourth-order valence-electron chi connectivity index (χ4n) is 7.45. The van der Waals surface area contributed by atoms with Gasteiger partial charge in [-0.15, -0.1) is 0 Å². The van der Waals surface area contributed by atoms with Crippen LogP contribution in [0.1, 0.15) is 66.8 Å². The number of Topliss-reactive ketones (excluding diaryl/α,β-unsaturated/α-hetero) is 1. The molecule has 0 bridgehead atoms. The quantitative estimate of drug-likeness (QED) is 0.0708. The minimum absolute atomic E-state index is 0.103. The van der Waals surface area contributed by atoms with Gasteiger partial charge in [-0.2, -0.15) is 52.7 Å². The van der Waals surface area contributed by atoms with Crippen molar-refractivity contribution in [1.82, 2.24) is 24.8 Å². The van der Waals surface area contributed by atoms with E-state index in [2.05, 4.69) is 42.5 Å². The molecule has 0 N–H and O–H groups in total. The molecule has 2 aromatic heterocycles. The maximum Gasteiger partial charge on any atom is 0.433 e. The molecule has 0 radical (unpaired) electrons. The number of aromatic nitrogens is 4. The Morgan fingerprint density at radius 3 is 1.30 bits per heavy atom. The second kappa shape index (κ2) is 22.4. The molecule has 6 rings (SSSR count). The Morgan fingerprint density at radius 2 is 0.986 bits per heavy atom. The fourth-order valence-corrected chi connectivity index (χ4v) is 8.64. The van der Waals surface area contributed by atoms with E-state index in [0.29, 0.717) is 0 Å². The van der Waals surface area contributed by atoms with Crippen LogP contribution in [0.5, 0.6) is 0 Å². The molecule has 4 aromatic rings. The molecular formula is C41H36Cl6F12IN7O2. The molecule has 2 aliphatic heterocycles. The van der Waals surface area contributed by atoms with Crippen molar-refractivity contribution in [2.24, 2.45) is 0 Å².